The highest BCUT2D eigenvalue weighted by Crippen LogP contribution is 2.41. The Balaban J connectivity index is 1.94. The van der Waals surface area contributed by atoms with Crippen molar-refractivity contribution in [2.75, 3.05) is 20.7 Å². The number of para-hydroxylation sites is 1. The quantitative estimate of drug-likeness (QED) is 0.572. The molecule has 0 bridgehead atoms. The first kappa shape index (κ1) is 23.1. The Morgan fingerprint density at radius 3 is 2.61 bits per heavy atom. The number of carbonyl (C=O) groups is 2. The number of halogens is 1. The van der Waals surface area contributed by atoms with Crippen molar-refractivity contribution in [3.05, 3.63) is 64.7 Å². The SMILES string of the molecule is CCCCN1C(=O)CCC(C(=O)N(C)Cc2ccccc2Cl)C1c1ccccc1OC. The van der Waals surface area contributed by atoms with Gasteiger partial charge in [-0.3, -0.25) is 9.59 Å². The Morgan fingerprint density at radius 2 is 1.90 bits per heavy atom. The van der Waals surface area contributed by atoms with Crippen LogP contribution < -0.4 is 4.74 Å². The normalized spacial score (nSPS) is 18.7. The number of amides is 2. The zero-order chi connectivity index (χ0) is 22.4. The molecule has 31 heavy (non-hydrogen) atoms. The molecular weight excluding hydrogens is 412 g/mol. The van der Waals surface area contributed by atoms with E-state index in [9.17, 15) is 9.59 Å². The standard InChI is InChI=1S/C25H31ClN2O3/c1-4-5-16-28-23(29)15-14-20(24(28)19-11-7-9-13-22(19)31-3)25(30)27(2)17-18-10-6-8-12-21(18)26/h6-13,20,24H,4-5,14-17H2,1-3H3. The van der Waals surface area contributed by atoms with Crippen molar-refractivity contribution in [2.24, 2.45) is 5.92 Å². The lowest BCUT2D eigenvalue weighted by molar-refractivity contribution is -0.147. The first-order valence-electron chi connectivity index (χ1n) is 10.9. The Bertz CT molecular complexity index is 917. The van der Waals surface area contributed by atoms with Gasteiger partial charge in [0, 0.05) is 37.1 Å². The highest BCUT2D eigenvalue weighted by molar-refractivity contribution is 6.31. The lowest BCUT2D eigenvalue weighted by Crippen LogP contribution is -2.48. The third-order valence-corrected chi connectivity index (χ3v) is 6.34. The maximum atomic E-state index is 13.6. The molecule has 0 aromatic heterocycles. The zero-order valence-corrected chi connectivity index (χ0v) is 19.3. The second-order valence-corrected chi connectivity index (χ2v) is 8.47. The molecule has 1 aliphatic heterocycles. The van der Waals surface area contributed by atoms with Crippen molar-refractivity contribution in [1.82, 2.24) is 9.80 Å². The van der Waals surface area contributed by atoms with E-state index in [1.54, 1.807) is 19.1 Å². The summed E-state index contributed by atoms with van der Waals surface area (Å²) in [7, 11) is 3.43. The van der Waals surface area contributed by atoms with E-state index in [0.717, 1.165) is 24.0 Å². The molecule has 1 fully saturated rings. The summed E-state index contributed by atoms with van der Waals surface area (Å²) in [5, 5.41) is 0.645. The second-order valence-electron chi connectivity index (χ2n) is 8.06. The Morgan fingerprint density at radius 1 is 1.19 bits per heavy atom. The fourth-order valence-electron chi connectivity index (χ4n) is 4.34. The smallest absolute Gasteiger partial charge is 0.228 e. The van der Waals surface area contributed by atoms with Crippen LogP contribution in [0.2, 0.25) is 5.02 Å². The lowest BCUT2D eigenvalue weighted by Gasteiger charge is -2.42. The topological polar surface area (TPSA) is 49.9 Å². The summed E-state index contributed by atoms with van der Waals surface area (Å²) in [6.07, 6.45) is 2.78. The summed E-state index contributed by atoms with van der Waals surface area (Å²) in [5.41, 5.74) is 1.79. The van der Waals surface area contributed by atoms with E-state index in [-0.39, 0.29) is 23.8 Å². The third kappa shape index (κ3) is 5.21. The van der Waals surface area contributed by atoms with Crippen LogP contribution in [0.15, 0.2) is 48.5 Å². The van der Waals surface area contributed by atoms with Gasteiger partial charge in [0.1, 0.15) is 5.75 Å². The summed E-state index contributed by atoms with van der Waals surface area (Å²) < 4.78 is 5.61. The van der Waals surface area contributed by atoms with Crippen molar-refractivity contribution in [3.63, 3.8) is 0 Å². The molecule has 0 saturated carbocycles. The van der Waals surface area contributed by atoms with Gasteiger partial charge in [-0.15, -0.1) is 0 Å². The number of hydrogen-bond donors (Lipinski definition) is 0. The van der Waals surface area contributed by atoms with E-state index < -0.39 is 0 Å². The van der Waals surface area contributed by atoms with E-state index in [1.165, 1.54) is 0 Å². The molecule has 2 amide bonds. The summed E-state index contributed by atoms with van der Waals surface area (Å²) in [5.74, 6) is 0.487. The van der Waals surface area contributed by atoms with Crippen molar-refractivity contribution in [3.8, 4) is 5.75 Å². The van der Waals surface area contributed by atoms with Crippen molar-refractivity contribution in [1.29, 1.82) is 0 Å². The highest BCUT2D eigenvalue weighted by Gasteiger charge is 2.42. The van der Waals surface area contributed by atoms with Crippen LogP contribution >= 0.6 is 11.6 Å². The molecule has 1 heterocycles. The first-order valence-corrected chi connectivity index (χ1v) is 11.3. The van der Waals surface area contributed by atoms with E-state index >= 15 is 0 Å². The number of hydrogen-bond acceptors (Lipinski definition) is 3. The Hall–Kier alpha value is -2.53. The van der Waals surface area contributed by atoms with Gasteiger partial charge < -0.3 is 14.5 Å². The van der Waals surface area contributed by atoms with Gasteiger partial charge in [0.25, 0.3) is 0 Å². The molecule has 166 valence electrons. The van der Waals surface area contributed by atoms with Gasteiger partial charge in [-0.05, 0) is 30.5 Å². The largest absolute Gasteiger partial charge is 0.496 e. The maximum Gasteiger partial charge on any atom is 0.228 e. The number of benzene rings is 2. The fourth-order valence-corrected chi connectivity index (χ4v) is 4.54. The minimum absolute atomic E-state index is 0.0184. The van der Waals surface area contributed by atoms with Crippen LogP contribution in [-0.2, 0) is 16.1 Å². The highest BCUT2D eigenvalue weighted by atomic mass is 35.5. The summed E-state index contributed by atoms with van der Waals surface area (Å²) in [6, 6.07) is 14.9. The van der Waals surface area contributed by atoms with Crippen LogP contribution in [0.25, 0.3) is 0 Å². The molecule has 6 heteroatoms. The second kappa shape index (κ2) is 10.7. The molecule has 2 aromatic rings. The minimum atomic E-state index is -0.342. The first-order chi connectivity index (χ1) is 15.0. The maximum absolute atomic E-state index is 13.6. The van der Waals surface area contributed by atoms with Gasteiger partial charge >= 0.3 is 0 Å². The van der Waals surface area contributed by atoms with Crippen LogP contribution in [-0.4, -0.2) is 42.3 Å². The summed E-state index contributed by atoms with van der Waals surface area (Å²) in [6.45, 7) is 3.17. The number of likely N-dealkylation sites (tertiary alicyclic amines) is 1. The number of piperidine rings is 1. The number of unbranched alkanes of at least 4 members (excludes halogenated alkanes) is 1. The molecular formula is C25H31ClN2O3. The van der Waals surface area contributed by atoms with E-state index in [4.69, 9.17) is 16.3 Å². The van der Waals surface area contributed by atoms with Gasteiger partial charge in [-0.1, -0.05) is 61.3 Å². The molecule has 0 radical (unpaired) electrons. The van der Waals surface area contributed by atoms with Gasteiger partial charge in [-0.25, -0.2) is 0 Å². The van der Waals surface area contributed by atoms with E-state index in [2.05, 4.69) is 6.92 Å². The van der Waals surface area contributed by atoms with Crippen LogP contribution in [0.4, 0.5) is 0 Å². The predicted molar refractivity (Wildman–Crippen MR) is 123 cm³/mol. The minimum Gasteiger partial charge on any atom is -0.496 e. The summed E-state index contributed by atoms with van der Waals surface area (Å²) in [4.78, 5) is 30.1. The van der Waals surface area contributed by atoms with Crippen LogP contribution in [0.1, 0.15) is 49.8 Å². The monoisotopic (exact) mass is 442 g/mol. The van der Waals surface area contributed by atoms with Gasteiger partial charge in [-0.2, -0.15) is 0 Å². The Kier molecular flexibility index (Phi) is 7.97. The van der Waals surface area contributed by atoms with Gasteiger partial charge in [0.05, 0.1) is 19.1 Å². The molecule has 0 spiro atoms. The summed E-state index contributed by atoms with van der Waals surface area (Å²) >= 11 is 6.32. The number of rotatable bonds is 8. The molecule has 2 aromatic carbocycles. The number of carbonyl (C=O) groups excluding carboxylic acids is 2. The number of nitrogens with zero attached hydrogens (tertiary/aromatic N) is 2. The predicted octanol–water partition coefficient (Wildman–Crippen LogP) is 5.09. The van der Waals surface area contributed by atoms with E-state index in [0.29, 0.717) is 36.7 Å². The molecule has 5 nitrogen and oxygen atoms in total. The molecule has 0 aliphatic carbocycles. The van der Waals surface area contributed by atoms with Gasteiger partial charge in [0.15, 0.2) is 0 Å². The van der Waals surface area contributed by atoms with Gasteiger partial charge in [0.2, 0.25) is 11.8 Å². The molecule has 1 aliphatic rings. The molecule has 2 atom stereocenters. The van der Waals surface area contributed by atoms with Crippen LogP contribution in [0.3, 0.4) is 0 Å². The molecule has 3 rings (SSSR count). The number of methoxy groups -OCH3 is 1. The fraction of sp³-hybridized carbons (Fsp3) is 0.440. The molecule has 2 unspecified atom stereocenters. The van der Waals surface area contributed by atoms with Crippen molar-refractivity contribution < 1.29 is 14.3 Å². The molecule has 1 saturated heterocycles. The average molecular weight is 443 g/mol. The molecule has 0 N–H and O–H groups in total. The average Bonchev–Trinajstić information content (AvgIpc) is 2.79. The van der Waals surface area contributed by atoms with Crippen LogP contribution in [0.5, 0.6) is 5.75 Å². The zero-order valence-electron chi connectivity index (χ0n) is 18.5. The lowest BCUT2D eigenvalue weighted by atomic mass is 9.82. The Labute approximate surface area is 189 Å². The van der Waals surface area contributed by atoms with Crippen molar-refractivity contribution in [2.45, 2.75) is 45.2 Å². The van der Waals surface area contributed by atoms with Crippen molar-refractivity contribution >= 4 is 23.4 Å². The number of ether oxygens (including phenoxy) is 1. The van der Waals surface area contributed by atoms with E-state index in [1.807, 2.05) is 53.4 Å². The third-order valence-electron chi connectivity index (χ3n) is 5.98. The van der Waals surface area contributed by atoms with Crippen LogP contribution in [0, 0.1) is 5.92 Å².